The summed E-state index contributed by atoms with van der Waals surface area (Å²) >= 11 is 5.98. The zero-order valence-corrected chi connectivity index (χ0v) is 24.8. The van der Waals surface area contributed by atoms with Gasteiger partial charge in [-0.25, -0.2) is 14.2 Å². The van der Waals surface area contributed by atoms with Crippen molar-refractivity contribution in [3.63, 3.8) is 0 Å². The minimum absolute atomic E-state index is 0.0253. The van der Waals surface area contributed by atoms with Gasteiger partial charge >= 0.3 is 11.4 Å². The number of aliphatic hydroxyl groups is 1. The first-order chi connectivity index (χ1) is 19.6. The van der Waals surface area contributed by atoms with Gasteiger partial charge < -0.3 is 31.9 Å². The van der Waals surface area contributed by atoms with Crippen LogP contribution in [-0.2, 0) is 22.6 Å². The quantitative estimate of drug-likeness (QED) is 0.133. The Morgan fingerprint density at radius 2 is 1.83 bits per heavy atom. The molecule has 0 radical (unpaired) electrons. The summed E-state index contributed by atoms with van der Waals surface area (Å²) in [4.78, 5) is 41.2. The highest BCUT2D eigenvalue weighted by Gasteiger charge is 2.14. The van der Waals surface area contributed by atoms with Crippen LogP contribution in [0.15, 0.2) is 81.5 Å². The van der Waals surface area contributed by atoms with Crippen LogP contribution in [0.25, 0.3) is 0 Å². The second kappa shape index (κ2) is 18.1. The van der Waals surface area contributed by atoms with Crippen molar-refractivity contribution in [3.8, 4) is 0 Å². The number of rotatable bonds is 13. The number of carbonyl (C=O) groups excluding carboxylic acids is 1. The van der Waals surface area contributed by atoms with Crippen LogP contribution in [0.5, 0.6) is 0 Å². The van der Waals surface area contributed by atoms with Crippen molar-refractivity contribution >= 4 is 23.5 Å². The molecule has 1 amide bonds. The second-order valence-electron chi connectivity index (χ2n) is 8.23. The number of halogens is 1. The van der Waals surface area contributed by atoms with Crippen LogP contribution < -0.4 is 33.5 Å². The predicted molar refractivity (Wildman–Crippen MR) is 162 cm³/mol. The van der Waals surface area contributed by atoms with Gasteiger partial charge in [0.05, 0.1) is 25.4 Å². The highest BCUT2D eigenvalue weighted by Crippen LogP contribution is 2.13. The monoisotopic (exact) mass is 589 g/mol. The van der Waals surface area contributed by atoms with Crippen molar-refractivity contribution < 1.29 is 14.6 Å². The van der Waals surface area contributed by atoms with Crippen LogP contribution in [0.3, 0.4) is 0 Å². The Morgan fingerprint density at radius 1 is 1.17 bits per heavy atom. The molecule has 0 aliphatic heterocycles. The molecule has 12 nitrogen and oxygen atoms in total. The lowest BCUT2D eigenvalue weighted by atomic mass is 10.2. The molecule has 2 rings (SSSR count). The van der Waals surface area contributed by atoms with E-state index in [9.17, 15) is 19.5 Å². The number of hydrogen-bond acceptors (Lipinski definition) is 9. The maximum absolute atomic E-state index is 13.2. The molecule has 1 heterocycles. The molecule has 0 aliphatic carbocycles. The van der Waals surface area contributed by atoms with Crippen LogP contribution in [0.2, 0.25) is 5.02 Å². The standard InChI is InChI=1S/C26H34ClN7O5.C2H6/c1-4-5-20(11-6-17(2)39-22(29)13-12-21(28)23(36)30-3)31-24-32-25(37)33(14-15-35)26(38)34(24)16-18-7-9-19(27)10-8-18;1-2/h5-13,17,35H,4,14-16,28-29H2,1-3H3,(H,30,36)(H,31,32,37);1-2H3/b11-6-,20-5+,21-12-,22-13+;. The molecule has 2 aromatic rings. The first kappa shape index (κ1) is 34.7. The van der Waals surface area contributed by atoms with E-state index in [1.54, 1.807) is 43.3 Å². The molecule has 41 heavy (non-hydrogen) atoms. The number of carbonyl (C=O) groups is 1. The Hall–Kier alpha value is -4.29. The number of benzene rings is 1. The summed E-state index contributed by atoms with van der Waals surface area (Å²) in [6.45, 7) is 7.20. The molecule has 1 unspecified atom stereocenters. The smallest absolute Gasteiger partial charge is 0.355 e. The van der Waals surface area contributed by atoms with E-state index in [-0.39, 0.29) is 30.6 Å². The van der Waals surface area contributed by atoms with Gasteiger partial charge in [-0.2, -0.15) is 4.98 Å². The third-order valence-corrected chi connectivity index (χ3v) is 5.44. The summed E-state index contributed by atoms with van der Waals surface area (Å²) in [6, 6.07) is 6.91. The molecule has 1 atom stereocenters. The van der Waals surface area contributed by atoms with Crippen molar-refractivity contribution in [2.45, 2.75) is 53.3 Å². The molecule has 0 fully saturated rings. The third kappa shape index (κ3) is 11.4. The Morgan fingerprint density at radius 3 is 2.41 bits per heavy atom. The van der Waals surface area contributed by atoms with Crippen LogP contribution in [0.1, 0.15) is 39.7 Å². The highest BCUT2D eigenvalue weighted by molar-refractivity contribution is 6.30. The fourth-order valence-electron chi connectivity index (χ4n) is 3.27. The molecule has 1 aromatic carbocycles. The molecule has 1 aromatic heterocycles. The van der Waals surface area contributed by atoms with Crippen LogP contribution >= 0.6 is 11.6 Å². The summed E-state index contributed by atoms with van der Waals surface area (Å²) < 4.78 is 7.77. The molecular weight excluding hydrogens is 550 g/mol. The van der Waals surface area contributed by atoms with E-state index in [2.05, 4.69) is 15.6 Å². The lowest BCUT2D eigenvalue weighted by molar-refractivity contribution is -0.117. The molecular formula is C28H40ClN7O5. The summed E-state index contributed by atoms with van der Waals surface area (Å²) in [5.74, 6) is -0.375. The number of hydrogen-bond donors (Lipinski definition) is 5. The van der Waals surface area contributed by atoms with Gasteiger partial charge in [0.1, 0.15) is 6.10 Å². The van der Waals surface area contributed by atoms with E-state index in [1.807, 2.05) is 26.8 Å². The summed E-state index contributed by atoms with van der Waals surface area (Å²) in [6.07, 6.45) is 8.10. The first-order valence-corrected chi connectivity index (χ1v) is 13.5. The highest BCUT2D eigenvalue weighted by atomic mass is 35.5. The lowest BCUT2D eigenvalue weighted by Gasteiger charge is -2.16. The van der Waals surface area contributed by atoms with Gasteiger partial charge in [-0.15, -0.1) is 0 Å². The summed E-state index contributed by atoms with van der Waals surface area (Å²) in [5.41, 5.74) is 11.3. The number of aromatic nitrogens is 3. The molecule has 0 saturated carbocycles. The maximum atomic E-state index is 13.2. The number of nitrogens with one attached hydrogen (secondary N) is 2. The number of aliphatic hydroxyl groups excluding tert-OH is 1. The summed E-state index contributed by atoms with van der Waals surface area (Å²) in [7, 11) is 1.46. The minimum atomic E-state index is -0.789. The Labute approximate surface area is 244 Å². The Balaban J connectivity index is 0.00000411. The Bertz CT molecular complexity index is 1380. The molecule has 0 saturated heterocycles. The van der Waals surface area contributed by atoms with E-state index < -0.39 is 30.0 Å². The Kier molecular flexibility index (Phi) is 15.4. The van der Waals surface area contributed by atoms with Crippen molar-refractivity contribution in [2.75, 3.05) is 19.0 Å². The minimum Gasteiger partial charge on any atom is -0.472 e. The number of likely N-dealkylation sites (N-methyl/N-ethyl adjacent to an activating group) is 1. The first-order valence-electron chi connectivity index (χ1n) is 13.1. The van der Waals surface area contributed by atoms with Crippen molar-refractivity contribution in [1.82, 2.24) is 19.4 Å². The zero-order valence-electron chi connectivity index (χ0n) is 24.1. The van der Waals surface area contributed by atoms with Crippen molar-refractivity contribution in [2.24, 2.45) is 11.5 Å². The van der Waals surface area contributed by atoms with Gasteiger partial charge in [-0.1, -0.05) is 50.6 Å². The molecule has 7 N–H and O–H groups in total. The average Bonchev–Trinajstić information content (AvgIpc) is 2.96. The van der Waals surface area contributed by atoms with Crippen LogP contribution in [-0.4, -0.2) is 44.9 Å². The number of nitrogens with two attached hydrogens (primary N) is 2. The van der Waals surface area contributed by atoms with Crippen molar-refractivity contribution in [1.29, 1.82) is 0 Å². The zero-order chi connectivity index (χ0) is 30.9. The van der Waals surface area contributed by atoms with E-state index in [0.717, 1.165) is 10.1 Å². The van der Waals surface area contributed by atoms with E-state index in [0.29, 0.717) is 17.1 Å². The second-order valence-corrected chi connectivity index (χ2v) is 8.67. The van der Waals surface area contributed by atoms with E-state index >= 15 is 0 Å². The van der Waals surface area contributed by atoms with Gasteiger partial charge in [0.2, 0.25) is 5.95 Å². The molecule has 0 spiro atoms. The van der Waals surface area contributed by atoms with Gasteiger partial charge in [0.15, 0.2) is 5.88 Å². The van der Waals surface area contributed by atoms with Crippen LogP contribution in [0, 0.1) is 0 Å². The van der Waals surface area contributed by atoms with Crippen molar-refractivity contribution in [3.05, 3.63) is 103 Å². The number of allylic oxidation sites excluding steroid dienone is 4. The molecule has 0 aliphatic rings. The molecule has 13 heteroatoms. The van der Waals surface area contributed by atoms with Gasteiger partial charge in [-0.05, 0) is 55.3 Å². The van der Waals surface area contributed by atoms with E-state index in [1.165, 1.54) is 23.8 Å². The number of nitrogens with zero attached hydrogens (tertiary/aromatic N) is 3. The molecule has 0 bridgehead atoms. The third-order valence-electron chi connectivity index (χ3n) is 5.19. The predicted octanol–water partition coefficient (Wildman–Crippen LogP) is 2.18. The van der Waals surface area contributed by atoms with Crippen LogP contribution in [0.4, 0.5) is 5.95 Å². The summed E-state index contributed by atoms with van der Waals surface area (Å²) in [5, 5.41) is 15.3. The van der Waals surface area contributed by atoms with E-state index in [4.69, 9.17) is 27.8 Å². The normalized spacial score (nSPS) is 12.9. The fraction of sp³-hybridized carbons (Fsp3) is 0.357. The number of amides is 1. The topological polar surface area (TPSA) is 180 Å². The SMILES string of the molecule is CC.CC/C=C(\C=C/C(C)O/C(N)=C/C=C(\N)C(=O)NC)Nc1nc(=O)n(CCO)c(=O)n1Cc1ccc(Cl)cc1. The molecule has 224 valence electrons. The van der Waals surface area contributed by atoms with Gasteiger partial charge in [-0.3, -0.25) is 9.36 Å². The number of anilines is 1. The largest absolute Gasteiger partial charge is 0.472 e. The van der Waals surface area contributed by atoms with Gasteiger partial charge in [0.25, 0.3) is 5.91 Å². The fourth-order valence-corrected chi connectivity index (χ4v) is 3.39. The van der Waals surface area contributed by atoms with Gasteiger partial charge in [0, 0.05) is 17.8 Å². The average molecular weight is 590 g/mol. The number of ether oxygens (including phenoxy) is 1. The lowest BCUT2D eigenvalue weighted by Crippen LogP contribution is -2.43. The maximum Gasteiger partial charge on any atom is 0.355 e.